The van der Waals surface area contributed by atoms with Crippen LogP contribution in [0, 0.1) is 20.8 Å². The van der Waals surface area contributed by atoms with Gasteiger partial charge in [0.1, 0.15) is 5.75 Å². The number of benzene rings is 1. The third-order valence-electron chi connectivity index (χ3n) is 3.35. The smallest absolute Gasteiger partial charge is 0.224 e. The first-order valence-electron chi connectivity index (χ1n) is 7.49. The number of carbonyl (C=O) groups is 1. The highest BCUT2D eigenvalue weighted by Gasteiger charge is 2.09. The zero-order valence-corrected chi connectivity index (χ0v) is 13.3. The first-order chi connectivity index (χ1) is 10.6. The fraction of sp³-hybridized carbons (Fsp3) is 0.333. The topological polar surface area (TPSA) is 51.2 Å². The second kappa shape index (κ2) is 7.59. The minimum Gasteiger partial charge on any atom is -0.494 e. The number of hydrogen-bond donors (Lipinski definition) is 1. The molecule has 0 fully saturated rings. The summed E-state index contributed by atoms with van der Waals surface area (Å²) in [6.07, 6.45) is 1.11. The van der Waals surface area contributed by atoms with E-state index in [1.54, 1.807) is 0 Å². The molecule has 1 aromatic carbocycles. The van der Waals surface area contributed by atoms with Gasteiger partial charge in [-0.3, -0.25) is 9.78 Å². The van der Waals surface area contributed by atoms with Gasteiger partial charge < -0.3 is 10.1 Å². The van der Waals surface area contributed by atoms with Crippen LogP contribution in [-0.4, -0.2) is 17.5 Å². The van der Waals surface area contributed by atoms with Crippen molar-refractivity contribution in [2.75, 3.05) is 11.9 Å². The number of nitrogens with one attached hydrogen (secondary N) is 1. The van der Waals surface area contributed by atoms with Crippen molar-refractivity contribution in [3.05, 3.63) is 53.3 Å². The van der Waals surface area contributed by atoms with Crippen LogP contribution in [0.15, 0.2) is 36.4 Å². The van der Waals surface area contributed by atoms with Gasteiger partial charge in [-0.15, -0.1) is 0 Å². The van der Waals surface area contributed by atoms with Gasteiger partial charge in [0.05, 0.1) is 18.0 Å². The maximum atomic E-state index is 12.0. The van der Waals surface area contributed by atoms with E-state index in [1.807, 2.05) is 57.2 Å². The second-order valence-electron chi connectivity index (χ2n) is 5.35. The Morgan fingerprint density at radius 3 is 2.59 bits per heavy atom. The molecule has 4 heteroatoms. The van der Waals surface area contributed by atoms with Crippen LogP contribution in [0.1, 0.15) is 29.8 Å². The van der Waals surface area contributed by atoms with E-state index < -0.39 is 0 Å². The molecule has 0 aliphatic carbocycles. The monoisotopic (exact) mass is 298 g/mol. The van der Waals surface area contributed by atoms with Gasteiger partial charge in [0.25, 0.3) is 0 Å². The van der Waals surface area contributed by atoms with Gasteiger partial charge in [-0.05, 0) is 51.0 Å². The first kappa shape index (κ1) is 16.0. The summed E-state index contributed by atoms with van der Waals surface area (Å²) in [6.45, 7) is 6.37. The number of aryl methyl sites for hydroxylation is 3. The summed E-state index contributed by atoms with van der Waals surface area (Å²) in [5, 5.41) is 2.95. The Kier molecular flexibility index (Phi) is 5.53. The van der Waals surface area contributed by atoms with Crippen LogP contribution in [0.4, 0.5) is 5.69 Å². The maximum Gasteiger partial charge on any atom is 0.224 e. The first-order valence-corrected chi connectivity index (χ1v) is 7.49. The molecule has 116 valence electrons. The highest BCUT2D eigenvalue weighted by molar-refractivity contribution is 5.92. The summed E-state index contributed by atoms with van der Waals surface area (Å²) in [5.41, 5.74) is 3.68. The average molecular weight is 298 g/mol. The number of rotatable bonds is 6. The predicted octanol–water partition coefficient (Wildman–Crippen LogP) is 3.80. The van der Waals surface area contributed by atoms with Gasteiger partial charge in [-0.2, -0.15) is 0 Å². The van der Waals surface area contributed by atoms with Gasteiger partial charge in [0.15, 0.2) is 0 Å². The van der Waals surface area contributed by atoms with Crippen molar-refractivity contribution in [2.45, 2.75) is 33.6 Å². The molecule has 4 nitrogen and oxygen atoms in total. The molecular formula is C18H22N2O2. The summed E-state index contributed by atoms with van der Waals surface area (Å²) in [6, 6.07) is 11.6. The van der Waals surface area contributed by atoms with E-state index in [1.165, 1.54) is 0 Å². The molecule has 0 saturated carbocycles. The lowest BCUT2D eigenvalue weighted by molar-refractivity contribution is -0.116. The van der Waals surface area contributed by atoms with Gasteiger partial charge in [0, 0.05) is 12.1 Å². The van der Waals surface area contributed by atoms with Gasteiger partial charge in [-0.25, -0.2) is 0 Å². The molecule has 0 radical (unpaired) electrons. The van der Waals surface area contributed by atoms with E-state index in [4.69, 9.17) is 4.74 Å². The van der Waals surface area contributed by atoms with Gasteiger partial charge in [-0.1, -0.05) is 18.2 Å². The lowest BCUT2D eigenvalue weighted by Crippen LogP contribution is -2.15. The van der Waals surface area contributed by atoms with Crippen LogP contribution in [0.25, 0.3) is 0 Å². The third-order valence-corrected chi connectivity index (χ3v) is 3.35. The van der Waals surface area contributed by atoms with E-state index >= 15 is 0 Å². The number of carbonyl (C=O) groups excluding carboxylic acids is 1. The van der Waals surface area contributed by atoms with Crippen molar-refractivity contribution >= 4 is 11.6 Å². The second-order valence-corrected chi connectivity index (χ2v) is 5.35. The van der Waals surface area contributed by atoms with Gasteiger partial charge >= 0.3 is 0 Å². The largest absolute Gasteiger partial charge is 0.494 e. The number of amides is 1. The van der Waals surface area contributed by atoms with Gasteiger partial charge in [0.2, 0.25) is 5.91 Å². The summed E-state index contributed by atoms with van der Waals surface area (Å²) in [5.74, 6) is 0.825. The molecule has 0 atom stereocenters. The third kappa shape index (κ3) is 4.58. The summed E-state index contributed by atoms with van der Waals surface area (Å²) < 4.78 is 5.58. The van der Waals surface area contributed by atoms with Crippen LogP contribution in [-0.2, 0) is 4.79 Å². The Bertz CT molecular complexity index is 616. The number of aromatic nitrogens is 1. The fourth-order valence-electron chi connectivity index (χ4n) is 2.35. The molecule has 1 heterocycles. The summed E-state index contributed by atoms with van der Waals surface area (Å²) >= 11 is 0. The highest BCUT2D eigenvalue weighted by atomic mass is 16.5. The van der Waals surface area contributed by atoms with Crippen LogP contribution < -0.4 is 10.1 Å². The minimum atomic E-state index is -0.00600. The molecule has 1 N–H and O–H groups in total. The molecule has 1 amide bonds. The summed E-state index contributed by atoms with van der Waals surface area (Å²) in [7, 11) is 0. The normalized spacial score (nSPS) is 10.3. The Hall–Kier alpha value is -2.36. The molecule has 0 saturated heterocycles. The Morgan fingerprint density at radius 1 is 1.18 bits per heavy atom. The molecule has 1 aromatic heterocycles. The Morgan fingerprint density at radius 2 is 1.91 bits per heavy atom. The molecule has 0 aliphatic heterocycles. The van der Waals surface area contributed by atoms with Crippen LogP contribution in [0.5, 0.6) is 5.75 Å². The maximum absolute atomic E-state index is 12.0. The predicted molar refractivity (Wildman–Crippen MR) is 88.2 cm³/mol. The number of ether oxygens (including phenoxy) is 1. The Labute approximate surface area is 131 Å². The van der Waals surface area contributed by atoms with E-state index in [0.717, 1.165) is 28.4 Å². The van der Waals surface area contributed by atoms with E-state index in [9.17, 15) is 4.79 Å². The van der Waals surface area contributed by atoms with Crippen LogP contribution in [0.3, 0.4) is 0 Å². The standard InChI is InChI=1S/C18H22N2O2/c1-13-12-14(2)19-15(3)18(13)20-17(21)10-7-11-22-16-8-5-4-6-9-16/h4-6,8-9,12H,7,10-11H2,1-3H3,(H,20,21). The van der Waals surface area contributed by atoms with E-state index in [-0.39, 0.29) is 5.91 Å². The van der Waals surface area contributed by atoms with Crippen molar-refractivity contribution < 1.29 is 9.53 Å². The lowest BCUT2D eigenvalue weighted by Gasteiger charge is -2.12. The minimum absolute atomic E-state index is 0.00600. The number of nitrogens with zero attached hydrogens (tertiary/aromatic N) is 1. The number of hydrogen-bond acceptors (Lipinski definition) is 3. The molecule has 0 aliphatic rings. The van der Waals surface area contributed by atoms with Crippen molar-refractivity contribution in [3.63, 3.8) is 0 Å². The molecule has 2 rings (SSSR count). The zero-order chi connectivity index (χ0) is 15.9. The molecular weight excluding hydrogens is 276 g/mol. The molecule has 2 aromatic rings. The van der Waals surface area contributed by atoms with Crippen LogP contribution in [0.2, 0.25) is 0 Å². The fourth-order valence-corrected chi connectivity index (χ4v) is 2.35. The number of para-hydroxylation sites is 1. The van der Waals surface area contributed by atoms with Crippen molar-refractivity contribution in [1.82, 2.24) is 4.98 Å². The highest BCUT2D eigenvalue weighted by Crippen LogP contribution is 2.19. The molecule has 0 unspecified atom stereocenters. The van der Waals surface area contributed by atoms with Crippen molar-refractivity contribution in [3.8, 4) is 5.75 Å². The SMILES string of the molecule is Cc1cc(C)c(NC(=O)CCCOc2ccccc2)c(C)n1. The van der Waals surface area contributed by atoms with Crippen LogP contribution >= 0.6 is 0 Å². The number of pyridine rings is 1. The molecule has 0 spiro atoms. The Balaban J connectivity index is 1.79. The lowest BCUT2D eigenvalue weighted by atomic mass is 10.1. The number of anilines is 1. The van der Waals surface area contributed by atoms with E-state index in [0.29, 0.717) is 19.4 Å². The van der Waals surface area contributed by atoms with Crippen molar-refractivity contribution in [1.29, 1.82) is 0 Å². The van der Waals surface area contributed by atoms with Crippen molar-refractivity contribution in [2.24, 2.45) is 0 Å². The average Bonchev–Trinajstić information content (AvgIpc) is 2.48. The quantitative estimate of drug-likeness (QED) is 0.825. The molecule has 22 heavy (non-hydrogen) atoms. The van der Waals surface area contributed by atoms with E-state index in [2.05, 4.69) is 10.3 Å². The zero-order valence-electron chi connectivity index (χ0n) is 13.3. The summed E-state index contributed by atoms with van der Waals surface area (Å²) in [4.78, 5) is 16.4. The molecule has 0 bridgehead atoms.